The van der Waals surface area contributed by atoms with E-state index < -0.39 is 5.60 Å². The van der Waals surface area contributed by atoms with Crippen molar-refractivity contribution < 1.29 is 9.90 Å². The molecule has 2 amide bonds. The highest BCUT2D eigenvalue weighted by molar-refractivity contribution is 7.09. The van der Waals surface area contributed by atoms with Crippen LogP contribution in [0.3, 0.4) is 0 Å². The Morgan fingerprint density at radius 1 is 1.68 bits per heavy atom. The van der Waals surface area contributed by atoms with Gasteiger partial charge < -0.3 is 15.3 Å². The summed E-state index contributed by atoms with van der Waals surface area (Å²) in [6, 6.07) is -0.147. The Kier molecular flexibility index (Phi) is 4.10. The van der Waals surface area contributed by atoms with Crippen LogP contribution in [0.25, 0.3) is 0 Å². The standard InChI is InChI=1S/C13H21N3O2S/c1-13(2,18)8-16(3)12(17)15-10(9-4-5-9)11-14-6-7-19-11/h6-7,9-10,18H,4-5,8H2,1-3H3,(H,15,17). The van der Waals surface area contributed by atoms with Crippen molar-refractivity contribution in [3.8, 4) is 0 Å². The predicted molar refractivity (Wildman–Crippen MR) is 75.0 cm³/mol. The van der Waals surface area contributed by atoms with Gasteiger partial charge in [-0.25, -0.2) is 9.78 Å². The van der Waals surface area contributed by atoms with Gasteiger partial charge in [0.05, 0.1) is 18.2 Å². The number of thiazole rings is 1. The van der Waals surface area contributed by atoms with Crippen molar-refractivity contribution in [2.75, 3.05) is 13.6 Å². The lowest BCUT2D eigenvalue weighted by molar-refractivity contribution is 0.0526. The normalized spacial score (nSPS) is 17.1. The first kappa shape index (κ1) is 14.3. The van der Waals surface area contributed by atoms with Gasteiger partial charge in [-0.05, 0) is 32.6 Å². The van der Waals surface area contributed by atoms with Crippen LogP contribution in [0.2, 0.25) is 0 Å². The minimum Gasteiger partial charge on any atom is -0.389 e. The molecule has 1 heterocycles. The number of aliphatic hydroxyl groups is 1. The zero-order chi connectivity index (χ0) is 14.0. The highest BCUT2D eigenvalue weighted by Gasteiger charge is 2.35. The minimum absolute atomic E-state index is 0.0109. The molecule has 0 spiro atoms. The van der Waals surface area contributed by atoms with Crippen LogP contribution in [-0.2, 0) is 0 Å². The Morgan fingerprint density at radius 2 is 2.37 bits per heavy atom. The molecule has 1 aromatic rings. The van der Waals surface area contributed by atoms with Crippen molar-refractivity contribution >= 4 is 17.4 Å². The fourth-order valence-electron chi connectivity index (χ4n) is 2.09. The SMILES string of the molecule is CN(CC(C)(C)O)C(=O)NC(c1nccs1)C1CC1. The number of carbonyl (C=O) groups is 1. The largest absolute Gasteiger partial charge is 0.389 e. The van der Waals surface area contributed by atoms with Gasteiger partial charge >= 0.3 is 6.03 Å². The number of nitrogens with one attached hydrogen (secondary N) is 1. The van der Waals surface area contributed by atoms with Crippen LogP contribution in [0.1, 0.15) is 37.7 Å². The van der Waals surface area contributed by atoms with E-state index in [2.05, 4.69) is 10.3 Å². The third-order valence-corrected chi connectivity index (χ3v) is 3.92. The molecule has 1 fully saturated rings. The summed E-state index contributed by atoms with van der Waals surface area (Å²) in [6.45, 7) is 3.68. The van der Waals surface area contributed by atoms with Crippen molar-refractivity contribution in [1.29, 1.82) is 0 Å². The summed E-state index contributed by atoms with van der Waals surface area (Å²) in [5, 5.41) is 15.7. The number of nitrogens with zero attached hydrogens (tertiary/aromatic N) is 2. The van der Waals surface area contributed by atoms with Gasteiger partial charge in [-0.3, -0.25) is 0 Å². The molecule has 0 aromatic carbocycles. The van der Waals surface area contributed by atoms with Crippen LogP contribution in [0.15, 0.2) is 11.6 Å². The van der Waals surface area contributed by atoms with E-state index in [0.717, 1.165) is 17.8 Å². The number of urea groups is 1. The highest BCUT2D eigenvalue weighted by Crippen LogP contribution is 2.41. The lowest BCUT2D eigenvalue weighted by Gasteiger charge is -2.27. The molecule has 1 saturated carbocycles. The molecular weight excluding hydrogens is 262 g/mol. The van der Waals surface area contributed by atoms with Crippen molar-refractivity contribution in [2.45, 2.75) is 38.3 Å². The van der Waals surface area contributed by atoms with Crippen LogP contribution in [0, 0.1) is 5.92 Å². The van der Waals surface area contributed by atoms with Crippen molar-refractivity contribution in [3.63, 3.8) is 0 Å². The van der Waals surface area contributed by atoms with E-state index in [1.54, 1.807) is 38.4 Å². The van der Waals surface area contributed by atoms with E-state index >= 15 is 0 Å². The van der Waals surface area contributed by atoms with E-state index in [9.17, 15) is 9.90 Å². The van der Waals surface area contributed by atoms with Crippen LogP contribution >= 0.6 is 11.3 Å². The molecule has 1 atom stereocenters. The van der Waals surface area contributed by atoms with Gasteiger partial charge in [0.25, 0.3) is 0 Å². The molecule has 1 aliphatic carbocycles. The van der Waals surface area contributed by atoms with Gasteiger partial charge in [-0.1, -0.05) is 0 Å². The molecule has 6 heteroatoms. The second-order valence-electron chi connectivity index (χ2n) is 5.80. The second-order valence-corrected chi connectivity index (χ2v) is 6.73. The number of hydrogen-bond donors (Lipinski definition) is 2. The molecule has 1 aromatic heterocycles. The van der Waals surface area contributed by atoms with E-state index in [4.69, 9.17) is 0 Å². The number of hydrogen-bond acceptors (Lipinski definition) is 4. The Balaban J connectivity index is 1.96. The van der Waals surface area contributed by atoms with Gasteiger partial charge in [-0.2, -0.15) is 0 Å². The smallest absolute Gasteiger partial charge is 0.317 e. The first-order valence-electron chi connectivity index (χ1n) is 6.50. The zero-order valence-corrected chi connectivity index (χ0v) is 12.4. The topological polar surface area (TPSA) is 65.5 Å². The summed E-state index contributed by atoms with van der Waals surface area (Å²) in [7, 11) is 1.69. The zero-order valence-electron chi connectivity index (χ0n) is 11.6. The average Bonchev–Trinajstić information content (AvgIpc) is 2.98. The van der Waals surface area contributed by atoms with Gasteiger partial charge in [0, 0.05) is 18.6 Å². The van der Waals surface area contributed by atoms with E-state index in [0.29, 0.717) is 12.5 Å². The van der Waals surface area contributed by atoms with Crippen molar-refractivity contribution in [2.24, 2.45) is 5.92 Å². The molecule has 5 nitrogen and oxygen atoms in total. The minimum atomic E-state index is -0.887. The molecule has 0 aliphatic heterocycles. The van der Waals surface area contributed by atoms with E-state index in [1.807, 2.05) is 5.38 Å². The van der Waals surface area contributed by atoms with Gasteiger partial charge in [0.2, 0.25) is 0 Å². The lowest BCUT2D eigenvalue weighted by atomic mass is 10.1. The van der Waals surface area contributed by atoms with Gasteiger partial charge in [0.1, 0.15) is 5.01 Å². The quantitative estimate of drug-likeness (QED) is 0.868. The summed E-state index contributed by atoms with van der Waals surface area (Å²) < 4.78 is 0. The Morgan fingerprint density at radius 3 is 2.84 bits per heavy atom. The summed E-state index contributed by atoms with van der Waals surface area (Å²) >= 11 is 1.57. The molecule has 106 valence electrons. The maximum Gasteiger partial charge on any atom is 0.317 e. The third-order valence-electron chi connectivity index (χ3n) is 3.06. The van der Waals surface area contributed by atoms with Crippen molar-refractivity contribution in [3.05, 3.63) is 16.6 Å². The van der Waals surface area contributed by atoms with E-state index in [-0.39, 0.29) is 12.1 Å². The fraction of sp³-hybridized carbons (Fsp3) is 0.692. The van der Waals surface area contributed by atoms with Crippen LogP contribution in [0.5, 0.6) is 0 Å². The first-order valence-corrected chi connectivity index (χ1v) is 7.38. The fourth-order valence-corrected chi connectivity index (χ4v) is 2.88. The maximum atomic E-state index is 12.1. The van der Waals surface area contributed by atoms with Crippen LogP contribution < -0.4 is 5.32 Å². The monoisotopic (exact) mass is 283 g/mol. The molecule has 0 bridgehead atoms. The number of amides is 2. The summed E-state index contributed by atoms with van der Waals surface area (Å²) in [4.78, 5) is 18.0. The Labute approximate surface area is 117 Å². The molecule has 0 radical (unpaired) electrons. The third kappa shape index (κ3) is 4.18. The summed E-state index contributed by atoms with van der Waals surface area (Å²) in [5.74, 6) is 0.505. The molecule has 2 rings (SSSR count). The molecule has 0 saturated heterocycles. The Bertz CT molecular complexity index is 424. The molecule has 1 unspecified atom stereocenters. The molecular formula is C13H21N3O2S. The van der Waals surface area contributed by atoms with E-state index in [1.165, 1.54) is 4.90 Å². The van der Waals surface area contributed by atoms with Crippen molar-refractivity contribution in [1.82, 2.24) is 15.2 Å². The lowest BCUT2D eigenvalue weighted by Crippen LogP contribution is -2.45. The van der Waals surface area contributed by atoms with Gasteiger partial charge in [-0.15, -0.1) is 11.3 Å². The molecule has 1 aliphatic rings. The molecule has 19 heavy (non-hydrogen) atoms. The average molecular weight is 283 g/mol. The number of aromatic nitrogens is 1. The second kappa shape index (κ2) is 5.46. The molecule has 2 N–H and O–H groups in total. The Hall–Kier alpha value is -1.14. The van der Waals surface area contributed by atoms with Crippen LogP contribution in [0.4, 0.5) is 4.79 Å². The van der Waals surface area contributed by atoms with Crippen LogP contribution in [-0.4, -0.2) is 40.2 Å². The number of likely N-dealkylation sites (N-methyl/N-ethyl adjacent to an activating group) is 1. The van der Waals surface area contributed by atoms with Gasteiger partial charge in [0.15, 0.2) is 0 Å². The summed E-state index contributed by atoms with van der Waals surface area (Å²) in [6.07, 6.45) is 4.04. The number of rotatable bonds is 5. The summed E-state index contributed by atoms with van der Waals surface area (Å²) in [5.41, 5.74) is -0.887. The first-order chi connectivity index (χ1) is 8.87. The maximum absolute atomic E-state index is 12.1. The highest BCUT2D eigenvalue weighted by atomic mass is 32.1. The predicted octanol–water partition coefficient (Wildman–Crippen LogP) is 2.01. The number of carbonyl (C=O) groups excluding carboxylic acids is 1.